The molecule has 4 nitrogen and oxygen atoms in total. The highest BCUT2D eigenvalue weighted by Gasteiger charge is 2.26. The van der Waals surface area contributed by atoms with E-state index in [1.165, 1.54) is 12.8 Å². The summed E-state index contributed by atoms with van der Waals surface area (Å²) in [5.41, 5.74) is 0.175. The van der Waals surface area contributed by atoms with E-state index in [1.54, 1.807) is 0 Å². The summed E-state index contributed by atoms with van der Waals surface area (Å²) in [7, 11) is 0. The summed E-state index contributed by atoms with van der Waals surface area (Å²) in [6.07, 6.45) is 8.39. The quantitative estimate of drug-likeness (QED) is 0.775. The summed E-state index contributed by atoms with van der Waals surface area (Å²) in [5.74, 6) is 0.613. The van der Waals surface area contributed by atoms with Crippen molar-refractivity contribution in [2.45, 2.75) is 38.3 Å². The summed E-state index contributed by atoms with van der Waals surface area (Å²) >= 11 is 0. The van der Waals surface area contributed by atoms with E-state index in [-0.39, 0.29) is 5.69 Å². The van der Waals surface area contributed by atoms with Crippen molar-refractivity contribution in [3.05, 3.63) is 22.9 Å². The van der Waals surface area contributed by atoms with Gasteiger partial charge in [0.2, 0.25) is 0 Å². The molecule has 0 amide bonds. The minimum Gasteiger partial charge on any atom is -0.381 e. The SMILES string of the molecule is O=c1n(CC2CCOCC2)ccn1C1CC1. The van der Waals surface area contributed by atoms with Gasteiger partial charge >= 0.3 is 5.69 Å². The van der Waals surface area contributed by atoms with Crippen LogP contribution in [0.3, 0.4) is 0 Å². The topological polar surface area (TPSA) is 36.2 Å². The van der Waals surface area contributed by atoms with Gasteiger partial charge in [-0.25, -0.2) is 4.79 Å². The molecular weight excluding hydrogens is 204 g/mol. The maximum atomic E-state index is 12.0. The molecule has 0 radical (unpaired) electrons. The fourth-order valence-electron chi connectivity index (χ4n) is 2.40. The van der Waals surface area contributed by atoms with Crippen LogP contribution in [-0.4, -0.2) is 22.3 Å². The van der Waals surface area contributed by atoms with Crippen LogP contribution in [0.15, 0.2) is 17.2 Å². The second kappa shape index (κ2) is 4.09. The largest absolute Gasteiger partial charge is 0.381 e. The summed E-state index contributed by atoms with van der Waals surface area (Å²) in [6.45, 7) is 2.56. The Balaban J connectivity index is 1.71. The Morgan fingerprint density at radius 1 is 1.19 bits per heavy atom. The first-order valence-corrected chi connectivity index (χ1v) is 6.19. The molecule has 1 aromatic rings. The molecule has 0 N–H and O–H groups in total. The molecule has 0 atom stereocenters. The zero-order valence-corrected chi connectivity index (χ0v) is 9.47. The minimum atomic E-state index is 0.175. The molecule has 0 bridgehead atoms. The van der Waals surface area contributed by atoms with Crippen LogP contribution in [0.25, 0.3) is 0 Å². The predicted octanol–water partition coefficient (Wildman–Crippen LogP) is 1.41. The Labute approximate surface area is 94.8 Å². The lowest BCUT2D eigenvalue weighted by Gasteiger charge is -2.21. The molecule has 1 saturated heterocycles. The number of hydrogen-bond acceptors (Lipinski definition) is 2. The molecule has 0 unspecified atom stereocenters. The van der Waals surface area contributed by atoms with Crippen LogP contribution in [0.4, 0.5) is 0 Å². The van der Waals surface area contributed by atoms with Gasteiger partial charge in [0.05, 0.1) is 0 Å². The molecule has 16 heavy (non-hydrogen) atoms. The van der Waals surface area contributed by atoms with Gasteiger partial charge in [-0.1, -0.05) is 0 Å². The zero-order valence-electron chi connectivity index (χ0n) is 9.47. The molecule has 2 heterocycles. The van der Waals surface area contributed by atoms with Crippen molar-refractivity contribution in [2.75, 3.05) is 13.2 Å². The first-order valence-electron chi connectivity index (χ1n) is 6.19. The summed E-state index contributed by atoms with van der Waals surface area (Å²) in [4.78, 5) is 12.0. The smallest absolute Gasteiger partial charge is 0.328 e. The van der Waals surface area contributed by atoms with Crippen molar-refractivity contribution < 1.29 is 4.74 Å². The molecule has 2 fully saturated rings. The third-order valence-electron chi connectivity index (χ3n) is 3.61. The summed E-state index contributed by atoms with van der Waals surface area (Å²) < 4.78 is 9.09. The lowest BCUT2D eigenvalue weighted by Crippen LogP contribution is -2.28. The Bertz CT molecular complexity index is 411. The monoisotopic (exact) mass is 222 g/mol. The molecule has 0 spiro atoms. The fourth-order valence-corrected chi connectivity index (χ4v) is 2.40. The molecule has 0 aromatic carbocycles. The average Bonchev–Trinajstić information content (AvgIpc) is 3.08. The van der Waals surface area contributed by atoms with Crippen LogP contribution >= 0.6 is 0 Å². The Morgan fingerprint density at radius 3 is 2.62 bits per heavy atom. The highest BCUT2D eigenvalue weighted by atomic mass is 16.5. The van der Waals surface area contributed by atoms with Gasteiger partial charge in [-0.3, -0.25) is 9.13 Å². The molecule has 2 aliphatic rings. The molecule has 1 saturated carbocycles. The van der Waals surface area contributed by atoms with Crippen LogP contribution in [0, 0.1) is 5.92 Å². The van der Waals surface area contributed by atoms with Gasteiger partial charge in [-0.05, 0) is 31.6 Å². The maximum absolute atomic E-state index is 12.0. The number of nitrogens with zero attached hydrogens (tertiary/aromatic N) is 2. The average molecular weight is 222 g/mol. The number of rotatable bonds is 3. The molecule has 1 aromatic heterocycles. The number of imidazole rings is 1. The van der Waals surface area contributed by atoms with Crippen LogP contribution in [0.1, 0.15) is 31.7 Å². The van der Waals surface area contributed by atoms with E-state index in [0.29, 0.717) is 12.0 Å². The van der Waals surface area contributed by atoms with Gasteiger partial charge in [0, 0.05) is 38.2 Å². The standard InChI is InChI=1S/C12H18N2O2/c15-12-13(5-6-14(12)11-1-2-11)9-10-3-7-16-8-4-10/h5-6,10-11H,1-4,7-9H2. The zero-order chi connectivity index (χ0) is 11.0. The van der Waals surface area contributed by atoms with Gasteiger partial charge in [0.15, 0.2) is 0 Å². The summed E-state index contributed by atoms with van der Waals surface area (Å²) in [5, 5.41) is 0. The van der Waals surface area contributed by atoms with E-state index in [0.717, 1.165) is 32.6 Å². The lowest BCUT2D eigenvalue weighted by atomic mass is 10.0. The molecular formula is C12H18N2O2. The first-order chi connectivity index (χ1) is 7.84. The van der Waals surface area contributed by atoms with E-state index < -0.39 is 0 Å². The van der Waals surface area contributed by atoms with Gasteiger partial charge in [-0.15, -0.1) is 0 Å². The Morgan fingerprint density at radius 2 is 1.94 bits per heavy atom. The molecule has 88 valence electrons. The van der Waals surface area contributed by atoms with Crippen LogP contribution in [-0.2, 0) is 11.3 Å². The van der Waals surface area contributed by atoms with Gasteiger partial charge < -0.3 is 4.74 Å². The number of ether oxygens (including phenoxy) is 1. The van der Waals surface area contributed by atoms with E-state index in [2.05, 4.69) is 0 Å². The second-order valence-electron chi connectivity index (χ2n) is 4.93. The molecule has 4 heteroatoms. The van der Waals surface area contributed by atoms with Crippen LogP contribution in [0.2, 0.25) is 0 Å². The molecule has 3 rings (SSSR count). The fraction of sp³-hybridized carbons (Fsp3) is 0.750. The first kappa shape index (κ1) is 10.1. The second-order valence-corrected chi connectivity index (χ2v) is 4.93. The Hall–Kier alpha value is -1.03. The van der Waals surface area contributed by atoms with Crippen molar-refractivity contribution in [3.8, 4) is 0 Å². The van der Waals surface area contributed by atoms with E-state index in [9.17, 15) is 4.79 Å². The minimum absolute atomic E-state index is 0.175. The van der Waals surface area contributed by atoms with E-state index in [1.807, 2.05) is 21.5 Å². The molecule has 1 aliphatic heterocycles. The highest BCUT2D eigenvalue weighted by molar-refractivity contribution is 4.91. The van der Waals surface area contributed by atoms with Crippen molar-refractivity contribution in [1.82, 2.24) is 9.13 Å². The van der Waals surface area contributed by atoms with Crippen molar-refractivity contribution in [2.24, 2.45) is 5.92 Å². The summed E-state index contributed by atoms with van der Waals surface area (Å²) in [6, 6.07) is 0.489. The van der Waals surface area contributed by atoms with Crippen molar-refractivity contribution in [3.63, 3.8) is 0 Å². The normalized spacial score (nSPS) is 22.5. The van der Waals surface area contributed by atoms with Crippen molar-refractivity contribution in [1.29, 1.82) is 0 Å². The lowest BCUT2D eigenvalue weighted by molar-refractivity contribution is 0.0609. The highest BCUT2D eigenvalue weighted by Crippen LogP contribution is 2.33. The van der Waals surface area contributed by atoms with Crippen molar-refractivity contribution >= 4 is 0 Å². The third-order valence-corrected chi connectivity index (χ3v) is 3.61. The van der Waals surface area contributed by atoms with Gasteiger partial charge in [0.25, 0.3) is 0 Å². The number of hydrogen-bond donors (Lipinski definition) is 0. The third kappa shape index (κ3) is 1.94. The predicted molar refractivity (Wildman–Crippen MR) is 60.5 cm³/mol. The van der Waals surface area contributed by atoms with E-state index >= 15 is 0 Å². The number of aromatic nitrogens is 2. The van der Waals surface area contributed by atoms with Crippen LogP contribution in [0.5, 0.6) is 0 Å². The van der Waals surface area contributed by atoms with Crippen LogP contribution < -0.4 is 5.69 Å². The maximum Gasteiger partial charge on any atom is 0.328 e. The van der Waals surface area contributed by atoms with Gasteiger partial charge in [0.1, 0.15) is 0 Å². The van der Waals surface area contributed by atoms with E-state index in [4.69, 9.17) is 4.74 Å². The molecule has 1 aliphatic carbocycles. The van der Waals surface area contributed by atoms with Gasteiger partial charge in [-0.2, -0.15) is 0 Å². The Kier molecular flexibility index (Phi) is 2.59.